The van der Waals surface area contributed by atoms with E-state index in [9.17, 15) is 4.79 Å². The second kappa shape index (κ2) is 4.36. The van der Waals surface area contributed by atoms with Gasteiger partial charge in [-0.3, -0.25) is 4.79 Å². The largest absolute Gasteiger partial charge is 0.361 e. The van der Waals surface area contributed by atoms with Gasteiger partial charge in [0.2, 0.25) is 5.88 Å². The standard InChI is InChI=1S/C10H9N3O2/c14-9-4-2-1-3-8(9)13-15-10-5-6-11-7-12-10/h1-3,5-7,13H,4H2. The monoisotopic (exact) mass is 203 g/mol. The summed E-state index contributed by atoms with van der Waals surface area (Å²) in [4.78, 5) is 24.0. The van der Waals surface area contributed by atoms with Gasteiger partial charge in [0.05, 0.1) is 0 Å². The lowest BCUT2D eigenvalue weighted by atomic mass is 10.1. The third-order valence-electron chi connectivity index (χ3n) is 1.82. The Bertz CT molecular complexity index is 412. The molecule has 2 rings (SSSR count). The summed E-state index contributed by atoms with van der Waals surface area (Å²) in [5, 5.41) is 0. The van der Waals surface area contributed by atoms with Gasteiger partial charge in [0.1, 0.15) is 12.0 Å². The van der Waals surface area contributed by atoms with Gasteiger partial charge in [0.15, 0.2) is 5.78 Å². The second-order valence-electron chi connectivity index (χ2n) is 2.89. The maximum Gasteiger partial charge on any atom is 0.248 e. The highest BCUT2D eigenvalue weighted by Gasteiger charge is 2.10. The van der Waals surface area contributed by atoms with E-state index in [1.165, 1.54) is 6.33 Å². The number of aromatic nitrogens is 2. The minimum absolute atomic E-state index is 0.00782. The zero-order valence-corrected chi connectivity index (χ0v) is 7.88. The maximum atomic E-state index is 11.3. The van der Waals surface area contributed by atoms with Crippen LogP contribution in [0.15, 0.2) is 42.5 Å². The van der Waals surface area contributed by atoms with Gasteiger partial charge in [-0.2, -0.15) is 4.98 Å². The Balaban J connectivity index is 1.96. The molecule has 5 nitrogen and oxygen atoms in total. The summed E-state index contributed by atoms with van der Waals surface area (Å²) in [6, 6.07) is 1.59. The van der Waals surface area contributed by atoms with E-state index < -0.39 is 0 Å². The van der Waals surface area contributed by atoms with Gasteiger partial charge >= 0.3 is 0 Å². The molecule has 1 aliphatic carbocycles. The van der Waals surface area contributed by atoms with Crippen molar-refractivity contribution >= 4 is 5.78 Å². The molecule has 0 bridgehead atoms. The average Bonchev–Trinajstić information content (AvgIpc) is 2.29. The van der Waals surface area contributed by atoms with Crippen LogP contribution in [0.5, 0.6) is 5.88 Å². The van der Waals surface area contributed by atoms with Crippen molar-refractivity contribution in [3.8, 4) is 5.88 Å². The number of nitrogens with zero attached hydrogens (tertiary/aromatic N) is 2. The summed E-state index contributed by atoms with van der Waals surface area (Å²) in [5.41, 5.74) is 2.98. The molecule has 1 aliphatic rings. The number of hydrogen-bond donors (Lipinski definition) is 1. The number of allylic oxidation sites excluding steroid dienone is 4. The van der Waals surface area contributed by atoms with Gasteiger partial charge in [0.25, 0.3) is 0 Å². The summed E-state index contributed by atoms with van der Waals surface area (Å²) in [6.07, 6.45) is 8.57. The van der Waals surface area contributed by atoms with Gasteiger partial charge in [-0.15, -0.1) is 0 Å². The first kappa shape index (κ1) is 9.39. The topological polar surface area (TPSA) is 64.1 Å². The fourth-order valence-electron chi connectivity index (χ4n) is 1.08. The van der Waals surface area contributed by atoms with Gasteiger partial charge in [0, 0.05) is 18.7 Å². The third kappa shape index (κ3) is 2.40. The highest BCUT2D eigenvalue weighted by Crippen LogP contribution is 2.06. The highest BCUT2D eigenvalue weighted by atomic mass is 16.7. The minimum Gasteiger partial charge on any atom is -0.361 e. The van der Waals surface area contributed by atoms with E-state index >= 15 is 0 Å². The molecule has 76 valence electrons. The number of Topliss-reactive ketones (excluding diaryl/α,β-unsaturated/α-hetero) is 1. The molecule has 0 fully saturated rings. The van der Waals surface area contributed by atoms with Crippen LogP contribution in [0.1, 0.15) is 6.42 Å². The molecule has 1 aromatic heterocycles. The lowest BCUT2D eigenvalue weighted by Gasteiger charge is -2.10. The number of hydrogen-bond acceptors (Lipinski definition) is 5. The van der Waals surface area contributed by atoms with Crippen LogP contribution in [0, 0.1) is 0 Å². The maximum absolute atomic E-state index is 11.3. The van der Waals surface area contributed by atoms with Crippen LogP contribution in [0.3, 0.4) is 0 Å². The minimum atomic E-state index is -0.00782. The molecule has 0 atom stereocenters. The first-order valence-electron chi connectivity index (χ1n) is 4.45. The van der Waals surface area contributed by atoms with E-state index in [0.717, 1.165) is 0 Å². The molecule has 5 heteroatoms. The van der Waals surface area contributed by atoms with Crippen LogP contribution in [-0.2, 0) is 4.79 Å². The van der Waals surface area contributed by atoms with E-state index in [1.54, 1.807) is 30.5 Å². The van der Waals surface area contributed by atoms with E-state index in [-0.39, 0.29) is 5.78 Å². The van der Waals surface area contributed by atoms with Gasteiger partial charge < -0.3 is 4.84 Å². The van der Waals surface area contributed by atoms with Crippen molar-refractivity contribution in [1.29, 1.82) is 0 Å². The fraction of sp³-hybridized carbons (Fsp3) is 0.100. The molecular formula is C10H9N3O2. The number of carbonyl (C=O) groups excluding carboxylic acids is 1. The van der Waals surface area contributed by atoms with Gasteiger partial charge in [-0.25, -0.2) is 10.5 Å². The van der Waals surface area contributed by atoms with E-state index in [0.29, 0.717) is 18.0 Å². The van der Waals surface area contributed by atoms with Crippen LogP contribution >= 0.6 is 0 Å². The third-order valence-corrected chi connectivity index (χ3v) is 1.82. The number of nitrogens with one attached hydrogen (secondary N) is 1. The molecular weight excluding hydrogens is 194 g/mol. The lowest BCUT2D eigenvalue weighted by molar-refractivity contribution is -0.116. The van der Waals surface area contributed by atoms with Crippen molar-refractivity contribution in [3.05, 3.63) is 42.5 Å². The molecule has 1 heterocycles. The SMILES string of the molecule is O=C1CC=CC=C1NOc1ccncn1. The predicted octanol–water partition coefficient (Wildman–Crippen LogP) is 0.773. The van der Waals surface area contributed by atoms with Crippen LogP contribution in [0.25, 0.3) is 0 Å². The Morgan fingerprint density at radius 1 is 1.47 bits per heavy atom. The smallest absolute Gasteiger partial charge is 0.248 e. The summed E-state index contributed by atoms with van der Waals surface area (Å²) >= 11 is 0. The van der Waals surface area contributed by atoms with Crippen molar-refractivity contribution in [1.82, 2.24) is 15.4 Å². The quantitative estimate of drug-likeness (QED) is 0.735. The predicted molar refractivity (Wildman–Crippen MR) is 52.6 cm³/mol. The Morgan fingerprint density at radius 2 is 2.40 bits per heavy atom. The first-order chi connectivity index (χ1) is 7.36. The fourth-order valence-corrected chi connectivity index (χ4v) is 1.08. The van der Waals surface area contributed by atoms with E-state index in [1.807, 2.05) is 0 Å². The van der Waals surface area contributed by atoms with Gasteiger partial charge in [-0.05, 0) is 6.08 Å². The summed E-state index contributed by atoms with van der Waals surface area (Å²) in [6.45, 7) is 0. The van der Waals surface area contributed by atoms with Crippen molar-refractivity contribution in [2.75, 3.05) is 0 Å². The molecule has 0 aliphatic heterocycles. The number of carbonyl (C=O) groups is 1. The summed E-state index contributed by atoms with van der Waals surface area (Å²) in [5.74, 6) is 0.361. The summed E-state index contributed by atoms with van der Waals surface area (Å²) in [7, 11) is 0. The zero-order valence-electron chi connectivity index (χ0n) is 7.88. The molecule has 1 aromatic rings. The second-order valence-corrected chi connectivity index (χ2v) is 2.89. The van der Waals surface area contributed by atoms with E-state index in [4.69, 9.17) is 4.84 Å². The molecule has 0 saturated heterocycles. The van der Waals surface area contributed by atoms with E-state index in [2.05, 4.69) is 15.4 Å². The Kier molecular flexibility index (Phi) is 2.73. The number of hydroxylamine groups is 1. The molecule has 0 amide bonds. The molecule has 0 aromatic carbocycles. The average molecular weight is 203 g/mol. The Hall–Kier alpha value is -2.17. The lowest BCUT2D eigenvalue weighted by Crippen LogP contribution is -2.24. The molecule has 0 radical (unpaired) electrons. The van der Waals surface area contributed by atoms with Crippen LogP contribution < -0.4 is 10.3 Å². The molecule has 1 N–H and O–H groups in total. The Morgan fingerprint density at radius 3 is 3.13 bits per heavy atom. The first-order valence-corrected chi connectivity index (χ1v) is 4.45. The highest BCUT2D eigenvalue weighted by molar-refractivity contribution is 5.96. The molecule has 0 saturated carbocycles. The van der Waals surface area contributed by atoms with Gasteiger partial charge in [-0.1, -0.05) is 12.2 Å². The Labute approximate surface area is 86.5 Å². The van der Waals surface area contributed by atoms with Crippen LogP contribution in [0.2, 0.25) is 0 Å². The molecule has 15 heavy (non-hydrogen) atoms. The number of rotatable bonds is 3. The van der Waals surface area contributed by atoms with Crippen molar-refractivity contribution in [2.45, 2.75) is 6.42 Å². The van der Waals surface area contributed by atoms with Crippen molar-refractivity contribution in [3.63, 3.8) is 0 Å². The number of ketones is 1. The van der Waals surface area contributed by atoms with Crippen LogP contribution in [-0.4, -0.2) is 15.8 Å². The summed E-state index contributed by atoms with van der Waals surface area (Å²) < 4.78 is 0. The normalized spacial score (nSPS) is 14.7. The van der Waals surface area contributed by atoms with Crippen molar-refractivity contribution < 1.29 is 9.63 Å². The van der Waals surface area contributed by atoms with Crippen LogP contribution in [0.4, 0.5) is 0 Å². The zero-order chi connectivity index (χ0) is 10.5. The molecule has 0 spiro atoms. The van der Waals surface area contributed by atoms with Crippen molar-refractivity contribution in [2.24, 2.45) is 0 Å². The molecule has 0 unspecified atom stereocenters.